The molecule has 1 saturated heterocycles. The summed E-state index contributed by atoms with van der Waals surface area (Å²) in [5, 5.41) is 9.96. The number of aryl methyl sites for hydroxylation is 1. The number of rotatable bonds is 4. The summed E-state index contributed by atoms with van der Waals surface area (Å²) in [6, 6.07) is 5.63. The van der Waals surface area contributed by atoms with Crippen molar-refractivity contribution < 1.29 is 13.9 Å². The Morgan fingerprint density at radius 1 is 1.39 bits per heavy atom. The summed E-state index contributed by atoms with van der Waals surface area (Å²) in [4.78, 5) is 18.4. The minimum atomic E-state index is -0.345. The molecule has 1 atom stereocenters. The number of guanidine groups is 1. The van der Waals surface area contributed by atoms with E-state index in [9.17, 15) is 9.18 Å². The third-order valence-corrected chi connectivity index (χ3v) is 4.21. The molecule has 1 amide bonds. The molecule has 8 nitrogen and oxygen atoms in total. The number of anilines is 1. The van der Waals surface area contributed by atoms with Gasteiger partial charge in [-0.3, -0.25) is 14.5 Å². The van der Waals surface area contributed by atoms with Crippen LogP contribution in [-0.4, -0.2) is 59.8 Å². The Bertz CT molecular complexity index is 811. The molecule has 0 saturated carbocycles. The molecule has 3 rings (SSSR count). The van der Waals surface area contributed by atoms with E-state index in [0.717, 1.165) is 5.56 Å². The number of ether oxygens (including phenoxy) is 1. The average molecular weight is 502 g/mol. The summed E-state index contributed by atoms with van der Waals surface area (Å²) in [7, 11) is 3.54. The number of hydrogen-bond donors (Lipinski definition) is 2. The molecule has 10 heteroatoms. The van der Waals surface area contributed by atoms with Gasteiger partial charge in [-0.05, 0) is 24.3 Å². The lowest BCUT2D eigenvalue weighted by atomic mass is 10.1. The lowest BCUT2D eigenvalue weighted by Crippen LogP contribution is -2.49. The molecule has 2 N–H and O–H groups in total. The third kappa shape index (κ3) is 5.89. The summed E-state index contributed by atoms with van der Waals surface area (Å²) in [6.45, 7) is 1.90. The van der Waals surface area contributed by atoms with Crippen LogP contribution in [0, 0.1) is 5.82 Å². The highest BCUT2D eigenvalue weighted by Crippen LogP contribution is 2.21. The second-order valence-electron chi connectivity index (χ2n) is 6.21. The molecule has 28 heavy (non-hydrogen) atoms. The van der Waals surface area contributed by atoms with Crippen LogP contribution in [0.1, 0.15) is 11.7 Å². The number of halogens is 2. The number of aliphatic imine (C=N–C) groups is 1. The van der Waals surface area contributed by atoms with Crippen LogP contribution in [0.25, 0.3) is 0 Å². The summed E-state index contributed by atoms with van der Waals surface area (Å²) in [5.74, 6) is 0.0447. The molecule has 2 aromatic rings. The fourth-order valence-corrected chi connectivity index (χ4v) is 2.88. The molecule has 1 unspecified atom stereocenters. The van der Waals surface area contributed by atoms with Gasteiger partial charge in [-0.15, -0.1) is 24.0 Å². The zero-order valence-corrected chi connectivity index (χ0v) is 18.1. The van der Waals surface area contributed by atoms with E-state index in [1.54, 1.807) is 17.9 Å². The molecule has 2 heterocycles. The van der Waals surface area contributed by atoms with Crippen molar-refractivity contribution in [2.75, 3.05) is 38.6 Å². The first-order chi connectivity index (χ1) is 13.0. The lowest BCUT2D eigenvalue weighted by Gasteiger charge is -2.34. The normalized spacial score (nSPS) is 17.0. The Balaban J connectivity index is 0.00000280. The number of amides is 1. The van der Waals surface area contributed by atoms with Gasteiger partial charge in [0.15, 0.2) is 5.96 Å². The van der Waals surface area contributed by atoms with E-state index < -0.39 is 0 Å². The Morgan fingerprint density at radius 2 is 2.14 bits per heavy atom. The number of hydrogen-bond acceptors (Lipinski definition) is 4. The Kier molecular flexibility index (Phi) is 8.18. The number of aromatic nitrogens is 2. The van der Waals surface area contributed by atoms with E-state index in [1.807, 2.05) is 18.1 Å². The first-order valence-corrected chi connectivity index (χ1v) is 8.66. The Labute approximate surface area is 180 Å². The quantitative estimate of drug-likeness (QED) is 0.379. The summed E-state index contributed by atoms with van der Waals surface area (Å²) in [6.07, 6.45) is 3.63. The average Bonchev–Trinajstić information content (AvgIpc) is 3.11. The van der Waals surface area contributed by atoms with Crippen LogP contribution in [0.5, 0.6) is 0 Å². The van der Waals surface area contributed by atoms with Crippen LogP contribution >= 0.6 is 24.0 Å². The van der Waals surface area contributed by atoms with E-state index in [1.165, 1.54) is 24.3 Å². The topological polar surface area (TPSA) is 83.8 Å². The van der Waals surface area contributed by atoms with Crippen molar-refractivity contribution >= 4 is 41.5 Å². The second kappa shape index (κ2) is 10.4. The predicted octanol–water partition coefficient (Wildman–Crippen LogP) is 1.76. The molecular weight excluding hydrogens is 478 g/mol. The van der Waals surface area contributed by atoms with Crippen LogP contribution < -0.4 is 10.6 Å². The molecule has 1 aliphatic rings. The van der Waals surface area contributed by atoms with Gasteiger partial charge in [0.2, 0.25) is 5.91 Å². The van der Waals surface area contributed by atoms with Crippen molar-refractivity contribution in [3.63, 3.8) is 0 Å². The zero-order valence-electron chi connectivity index (χ0n) is 15.8. The fourth-order valence-electron chi connectivity index (χ4n) is 2.88. The zero-order chi connectivity index (χ0) is 19.2. The van der Waals surface area contributed by atoms with Crippen molar-refractivity contribution in [1.82, 2.24) is 20.0 Å². The van der Waals surface area contributed by atoms with Gasteiger partial charge in [0.25, 0.3) is 0 Å². The van der Waals surface area contributed by atoms with Crippen LogP contribution in [0.15, 0.2) is 41.7 Å². The highest BCUT2D eigenvalue weighted by molar-refractivity contribution is 14.0. The van der Waals surface area contributed by atoms with Gasteiger partial charge in [-0.2, -0.15) is 5.10 Å². The van der Waals surface area contributed by atoms with Gasteiger partial charge in [0.1, 0.15) is 11.9 Å². The highest BCUT2D eigenvalue weighted by Gasteiger charge is 2.25. The molecule has 1 aromatic carbocycles. The number of nitrogens with one attached hydrogen (secondary N) is 2. The minimum Gasteiger partial charge on any atom is -0.370 e. The van der Waals surface area contributed by atoms with E-state index in [-0.39, 0.29) is 48.3 Å². The van der Waals surface area contributed by atoms with Gasteiger partial charge in [0.05, 0.1) is 25.9 Å². The van der Waals surface area contributed by atoms with Crippen molar-refractivity contribution in [2.24, 2.45) is 12.0 Å². The maximum Gasteiger partial charge on any atom is 0.243 e. The van der Waals surface area contributed by atoms with E-state index in [0.29, 0.717) is 31.3 Å². The summed E-state index contributed by atoms with van der Waals surface area (Å²) < 4.78 is 20.5. The van der Waals surface area contributed by atoms with Crippen LogP contribution in [0.3, 0.4) is 0 Å². The summed E-state index contributed by atoms with van der Waals surface area (Å²) >= 11 is 0. The first kappa shape index (κ1) is 22.1. The first-order valence-electron chi connectivity index (χ1n) is 8.66. The maximum absolute atomic E-state index is 12.9. The predicted molar refractivity (Wildman–Crippen MR) is 115 cm³/mol. The molecule has 0 aliphatic carbocycles. The maximum atomic E-state index is 12.9. The number of nitrogens with zero attached hydrogens (tertiary/aromatic N) is 4. The van der Waals surface area contributed by atoms with E-state index in [4.69, 9.17) is 4.74 Å². The molecule has 1 aliphatic heterocycles. The number of carbonyl (C=O) groups is 1. The van der Waals surface area contributed by atoms with Crippen molar-refractivity contribution in [1.29, 1.82) is 0 Å². The van der Waals surface area contributed by atoms with Gasteiger partial charge in [-0.1, -0.05) is 0 Å². The molecule has 0 spiro atoms. The lowest BCUT2D eigenvalue weighted by molar-refractivity contribution is -0.115. The highest BCUT2D eigenvalue weighted by atomic mass is 127. The van der Waals surface area contributed by atoms with Crippen molar-refractivity contribution in [3.05, 3.63) is 48.0 Å². The summed E-state index contributed by atoms with van der Waals surface area (Å²) in [5.41, 5.74) is 1.55. The Morgan fingerprint density at radius 3 is 2.79 bits per heavy atom. The van der Waals surface area contributed by atoms with Gasteiger partial charge in [0, 0.05) is 38.1 Å². The van der Waals surface area contributed by atoms with Crippen LogP contribution in [0.2, 0.25) is 0 Å². The van der Waals surface area contributed by atoms with Gasteiger partial charge < -0.3 is 20.3 Å². The van der Waals surface area contributed by atoms with Crippen molar-refractivity contribution in [2.45, 2.75) is 6.10 Å². The molecule has 0 radical (unpaired) electrons. The third-order valence-electron chi connectivity index (χ3n) is 4.21. The number of carbonyl (C=O) groups excluding carboxylic acids is 1. The number of benzene rings is 1. The fraction of sp³-hybridized carbons (Fsp3) is 0.389. The molecule has 1 fully saturated rings. The van der Waals surface area contributed by atoms with Crippen LogP contribution in [0.4, 0.5) is 10.1 Å². The monoisotopic (exact) mass is 502 g/mol. The largest absolute Gasteiger partial charge is 0.370 e. The standard InChI is InChI=1S/C18H23FN6O2.HI/c1-20-18(21-10-17(26)23-15-5-3-14(19)4-6-15)25-7-8-27-16(12-25)13-9-22-24(2)11-13;/h3-6,9,11,16H,7-8,10,12H2,1-2H3,(H,20,21)(H,23,26);1H. The Hall–Kier alpha value is -2.21. The van der Waals surface area contributed by atoms with Gasteiger partial charge in [-0.25, -0.2) is 4.39 Å². The van der Waals surface area contributed by atoms with Gasteiger partial charge >= 0.3 is 0 Å². The molecular formula is C18H24FIN6O2. The second-order valence-corrected chi connectivity index (χ2v) is 6.21. The smallest absolute Gasteiger partial charge is 0.243 e. The molecule has 0 bridgehead atoms. The number of morpholine rings is 1. The SMILES string of the molecule is CN=C(NCC(=O)Nc1ccc(F)cc1)N1CCOC(c2cnn(C)c2)C1.I. The molecule has 152 valence electrons. The van der Waals surface area contributed by atoms with E-state index >= 15 is 0 Å². The van der Waals surface area contributed by atoms with Crippen LogP contribution in [-0.2, 0) is 16.6 Å². The minimum absolute atomic E-state index is 0. The molecule has 1 aromatic heterocycles. The van der Waals surface area contributed by atoms with Crippen molar-refractivity contribution in [3.8, 4) is 0 Å². The van der Waals surface area contributed by atoms with E-state index in [2.05, 4.69) is 20.7 Å².